The van der Waals surface area contributed by atoms with Gasteiger partial charge in [-0.3, -0.25) is 30.3 Å². The molecule has 78 valence electrons. The molecule has 0 aliphatic carbocycles. The van der Waals surface area contributed by atoms with E-state index in [1.807, 2.05) is 0 Å². The number of rotatable bonds is 4. The fourth-order valence-corrected chi connectivity index (χ4v) is 0.376. The predicted octanol–water partition coefficient (Wildman–Crippen LogP) is 0.251. The summed E-state index contributed by atoms with van der Waals surface area (Å²) in [6, 6.07) is 0. The van der Waals surface area contributed by atoms with Crippen molar-refractivity contribution in [1.29, 1.82) is 0 Å². The molecule has 14 heavy (non-hydrogen) atoms. The number of nitrogens with zero attached hydrogens (tertiary/aromatic N) is 3. The van der Waals surface area contributed by atoms with E-state index in [9.17, 15) is 39.1 Å². The summed E-state index contributed by atoms with van der Waals surface area (Å²) in [6.07, 6.45) is -0.938. The Bertz CT molecular complexity index is 312. The van der Waals surface area contributed by atoms with Gasteiger partial charge in [0.05, 0.1) is 4.92 Å². The van der Waals surface area contributed by atoms with Gasteiger partial charge in [0, 0.05) is 0 Å². The van der Waals surface area contributed by atoms with Crippen LogP contribution < -0.4 is 0 Å². The Kier molecular flexibility index (Phi) is 3.10. The summed E-state index contributed by atoms with van der Waals surface area (Å²) in [5.74, 6) is -7.04. The fraction of sp³-hybridized carbons (Fsp3) is 0.333. The van der Waals surface area contributed by atoms with Gasteiger partial charge < -0.3 is 0 Å². The predicted molar refractivity (Wildman–Crippen MR) is 34.0 cm³/mol. The van der Waals surface area contributed by atoms with Crippen LogP contribution in [0.5, 0.6) is 0 Å². The summed E-state index contributed by atoms with van der Waals surface area (Å²) in [5.41, 5.74) is 0. The highest BCUT2D eigenvalue weighted by molar-refractivity contribution is 4.88. The maximum Gasteiger partial charge on any atom is 0.645 e. The van der Waals surface area contributed by atoms with Gasteiger partial charge in [-0.2, -0.15) is 0 Å². The Morgan fingerprint density at radius 1 is 1.14 bits per heavy atom. The molecule has 0 aromatic carbocycles. The molecular formula is C3HF2N3O6. The zero-order valence-electron chi connectivity index (χ0n) is 6.12. The minimum atomic E-state index is -4.53. The smallest absolute Gasteiger partial charge is 0.256 e. The molecule has 11 heteroatoms. The monoisotopic (exact) mass is 213 g/mol. The Morgan fingerprint density at radius 3 is 1.71 bits per heavy atom. The fourth-order valence-electron chi connectivity index (χ4n) is 0.376. The van der Waals surface area contributed by atoms with E-state index in [0.717, 1.165) is 0 Å². The van der Waals surface area contributed by atoms with E-state index in [2.05, 4.69) is 0 Å². The third-order valence-electron chi connectivity index (χ3n) is 0.989. The molecule has 0 amide bonds. The van der Waals surface area contributed by atoms with E-state index in [1.54, 1.807) is 0 Å². The minimum absolute atomic E-state index is 0.938. The first-order valence-electron chi connectivity index (χ1n) is 2.72. The molecule has 0 saturated carbocycles. The van der Waals surface area contributed by atoms with Crippen LogP contribution in [0.25, 0.3) is 0 Å². The first-order chi connectivity index (χ1) is 6.21. The van der Waals surface area contributed by atoms with Gasteiger partial charge in [0.25, 0.3) is 0 Å². The summed E-state index contributed by atoms with van der Waals surface area (Å²) in [4.78, 5) is 23.1. The van der Waals surface area contributed by atoms with Crippen molar-refractivity contribution in [2.75, 3.05) is 0 Å². The lowest BCUT2D eigenvalue weighted by atomic mass is 10.4. The topological polar surface area (TPSA) is 129 Å². The molecule has 0 atom stereocenters. The van der Waals surface area contributed by atoms with Crippen LogP contribution >= 0.6 is 0 Å². The number of halogens is 2. The number of hydrogen-bond acceptors (Lipinski definition) is 6. The van der Waals surface area contributed by atoms with E-state index >= 15 is 0 Å². The van der Waals surface area contributed by atoms with E-state index < -0.39 is 32.7 Å². The maximum atomic E-state index is 12.6. The summed E-state index contributed by atoms with van der Waals surface area (Å²) in [5, 5.41) is 29.1. The van der Waals surface area contributed by atoms with Crippen LogP contribution in [0.3, 0.4) is 0 Å². The number of nitro groups is 3. The SMILES string of the molecule is O=[N+]([O-])C(F)=CC(F)([N+](=O)[O-])[N+](=O)[O-]. The molecule has 9 nitrogen and oxygen atoms in total. The molecule has 0 radical (unpaired) electrons. The molecule has 0 aromatic rings. The van der Waals surface area contributed by atoms with Crippen LogP contribution in [0.2, 0.25) is 0 Å². The zero-order valence-corrected chi connectivity index (χ0v) is 6.12. The molecular weight excluding hydrogens is 212 g/mol. The van der Waals surface area contributed by atoms with Crippen molar-refractivity contribution in [3.05, 3.63) is 42.4 Å². The minimum Gasteiger partial charge on any atom is -0.256 e. The lowest BCUT2D eigenvalue weighted by Gasteiger charge is -2.00. The van der Waals surface area contributed by atoms with Gasteiger partial charge in [-0.15, -0.1) is 4.39 Å². The second kappa shape index (κ2) is 3.68. The third kappa shape index (κ3) is 2.15. The van der Waals surface area contributed by atoms with Crippen molar-refractivity contribution in [2.45, 2.75) is 5.92 Å². The van der Waals surface area contributed by atoms with Crippen molar-refractivity contribution >= 4 is 0 Å². The van der Waals surface area contributed by atoms with Gasteiger partial charge in [0.2, 0.25) is 6.08 Å². The summed E-state index contributed by atoms with van der Waals surface area (Å²) >= 11 is 0. The van der Waals surface area contributed by atoms with Crippen molar-refractivity contribution in [2.24, 2.45) is 0 Å². The molecule has 0 aliphatic heterocycles. The lowest BCUT2D eigenvalue weighted by molar-refractivity contribution is -0.815. The van der Waals surface area contributed by atoms with E-state index in [1.165, 1.54) is 0 Å². The molecule has 0 N–H and O–H groups in total. The molecule has 0 spiro atoms. The standard InChI is InChI=1S/C3HF2N3O6/c4-2(6(9)10)1-3(5,7(11)12)8(13)14/h1H. The average molecular weight is 213 g/mol. The van der Waals surface area contributed by atoms with Gasteiger partial charge in [-0.1, -0.05) is 4.39 Å². The second-order valence-electron chi connectivity index (χ2n) is 1.87. The zero-order chi connectivity index (χ0) is 11.5. The number of hydrogen-bond donors (Lipinski definition) is 0. The third-order valence-corrected chi connectivity index (χ3v) is 0.989. The molecule has 0 rings (SSSR count). The normalized spacial score (nSPS) is 12.3. The molecule has 0 aliphatic rings. The average Bonchev–Trinajstić information content (AvgIpc) is 2.02. The van der Waals surface area contributed by atoms with Gasteiger partial charge in [0.1, 0.15) is 9.85 Å². The van der Waals surface area contributed by atoms with Crippen LogP contribution in [-0.4, -0.2) is 20.7 Å². The first-order valence-corrected chi connectivity index (χ1v) is 2.72. The lowest BCUT2D eigenvalue weighted by Crippen LogP contribution is -2.40. The Hall–Kier alpha value is -2.20. The molecule has 0 fully saturated rings. The number of alkyl halides is 1. The summed E-state index contributed by atoms with van der Waals surface area (Å²) in [7, 11) is 0. The van der Waals surface area contributed by atoms with Crippen LogP contribution in [-0.2, 0) is 0 Å². The second-order valence-corrected chi connectivity index (χ2v) is 1.87. The van der Waals surface area contributed by atoms with Gasteiger partial charge in [-0.25, -0.2) is 0 Å². The van der Waals surface area contributed by atoms with E-state index in [0.29, 0.717) is 0 Å². The van der Waals surface area contributed by atoms with Crippen molar-refractivity contribution in [3.63, 3.8) is 0 Å². The van der Waals surface area contributed by atoms with E-state index in [4.69, 9.17) is 0 Å². The Balaban J connectivity index is 5.27. The van der Waals surface area contributed by atoms with Gasteiger partial charge >= 0.3 is 11.9 Å². The van der Waals surface area contributed by atoms with Crippen LogP contribution in [0, 0.1) is 30.3 Å². The van der Waals surface area contributed by atoms with Crippen LogP contribution in [0.4, 0.5) is 8.78 Å². The highest BCUT2D eigenvalue weighted by Gasteiger charge is 2.58. The molecule has 0 aromatic heterocycles. The van der Waals surface area contributed by atoms with Crippen molar-refractivity contribution < 1.29 is 23.6 Å². The highest BCUT2D eigenvalue weighted by atomic mass is 19.2. The largest absolute Gasteiger partial charge is 0.645 e. The molecule has 0 bridgehead atoms. The Labute approximate surface area is 73.1 Å². The van der Waals surface area contributed by atoms with Crippen molar-refractivity contribution in [1.82, 2.24) is 0 Å². The van der Waals surface area contributed by atoms with Crippen LogP contribution in [0.15, 0.2) is 12.0 Å². The van der Waals surface area contributed by atoms with E-state index in [-0.39, 0.29) is 0 Å². The summed E-state index contributed by atoms with van der Waals surface area (Å²) < 4.78 is 24.7. The van der Waals surface area contributed by atoms with Gasteiger partial charge in [0.15, 0.2) is 0 Å². The van der Waals surface area contributed by atoms with Crippen molar-refractivity contribution in [3.8, 4) is 0 Å². The molecule has 0 heterocycles. The Morgan fingerprint density at radius 2 is 1.50 bits per heavy atom. The first kappa shape index (κ1) is 11.8. The highest BCUT2D eigenvalue weighted by Crippen LogP contribution is 2.17. The molecule has 0 unspecified atom stereocenters. The van der Waals surface area contributed by atoms with Crippen LogP contribution in [0.1, 0.15) is 0 Å². The quantitative estimate of drug-likeness (QED) is 0.284. The molecule has 0 saturated heterocycles. The maximum absolute atomic E-state index is 12.6. The van der Waals surface area contributed by atoms with Gasteiger partial charge in [-0.05, 0) is 0 Å². The summed E-state index contributed by atoms with van der Waals surface area (Å²) in [6.45, 7) is 0.